The van der Waals surface area contributed by atoms with Crippen molar-refractivity contribution >= 4 is 5.91 Å². The highest BCUT2D eigenvalue weighted by Gasteiger charge is 2.06. The van der Waals surface area contributed by atoms with Crippen LogP contribution >= 0.6 is 0 Å². The summed E-state index contributed by atoms with van der Waals surface area (Å²) in [6.07, 6.45) is 0.801. The SMILES string of the molecule is CC(CO)NC(=O)CCc1cccc(F)c1. The number of aliphatic hydroxyl groups excluding tert-OH is 1. The average molecular weight is 225 g/mol. The number of aliphatic hydroxyl groups is 1. The van der Waals surface area contributed by atoms with Gasteiger partial charge in [-0.1, -0.05) is 12.1 Å². The van der Waals surface area contributed by atoms with E-state index < -0.39 is 0 Å². The molecule has 0 aliphatic carbocycles. The lowest BCUT2D eigenvalue weighted by Crippen LogP contribution is -2.35. The van der Waals surface area contributed by atoms with Crippen LogP contribution in [0.4, 0.5) is 4.39 Å². The molecular weight excluding hydrogens is 209 g/mol. The summed E-state index contributed by atoms with van der Waals surface area (Å²) >= 11 is 0. The number of hydrogen-bond donors (Lipinski definition) is 2. The molecular formula is C12H16FNO2. The number of benzene rings is 1. The van der Waals surface area contributed by atoms with Crippen LogP contribution in [0.2, 0.25) is 0 Å². The summed E-state index contributed by atoms with van der Waals surface area (Å²) in [6, 6.07) is 5.96. The van der Waals surface area contributed by atoms with Crippen LogP contribution in [0, 0.1) is 5.82 Å². The molecule has 16 heavy (non-hydrogen) atoms. The van der Waals surface area contributed by atoms with E-state index >= 15 is 0 Å². The van der Waals surface area contributed by atoms with Gasteiger partial charge in [-0.3, -0.25) is 4.79 Å². The van der Waals surface area contributed by atoms with Crippen molar-refractivity contribution in [2.45, 2.75) is 25.8 Å². The summed E-state index contributed by atoms with van der Waals surface area (Å²) in [4.78, 5) is 11.4. The van der Waals surface area contributed by atoms with Crippen molar-refractivity contribution in [1.29, 1.82) is 0 Å². The largest absolute Gasteiger partial charge is 0.394 e. The fourth-order valence-corrected chi connectivity index (χ4v) is 1.34. The van der Waals surface area contributed by atoms with E-state index in [-0.39, 0.29) is 24.4 Å². The van der Waals surface area contributed by atoms with E-state index in [4.69, 9.17) is 5.11 Å². The van der Waals surface area contributed by atoms with Gasteiger partial charge in [0.1, 0.15) is 5.82 Å². The summed E-state index contributed by atoms with van der Waals surface area (Å²) in [5, 5.41) is 11.4. The lowest BCUT2D eigenvalue weighted by atomic mass is 10.1. The Morgan fingerprint density at radius 3 is 2.94 bits per heavy atom. The molecule has 0 aliphatic heterocycles. The van der Waals surface area contributed by atoms with E-state index in [1.54, 1.807) is 19.1 Å². The normalized spacial score (nSPS) is 12.2. The van der Waals surface area contributed by atoms with Crippen LogP contribution in [0.5, 0.6) is 0 Å². The molecule has 88 valence electrons. The molecule has 0 saturated carbocycles. The van der Waals surface area contributed by atoms with E-state index in [0.717, 1.165) is 5.56 Å². The first kappa shape index (κ1) is 12.6. The quantitative estimate of drug-likeness (QED) is 0.792. The minimum Gasteiger partial charge on any atom is -0.394 e. The smallest absolute Gasteiger partial charge is 0.220 e. The number of rotatable bonds is 5. The van der Waals surface area contributed by atoms with E-state index in [9.17, 15) is 9.18 Å². The van der Waals surface area contributed by atoms with Gasteiger partial charge in [-0.15, -0.1) is 0 Å². The molecule has 0 spiro atoms. The van der Waals surface area contributed by atoms with Crippen molar-refractivity contribution in [2.75, 3.05) is 6.61 Å². The summed E-state index contributed by atoms with van der Waals surface area (Å²) < 4.78 is 12.8. The molecule has 0 heterocycles. The molecule has 0 fully saturated rings. The number of halogens is 1. The Bertz CT molecular complexity index is 355. The molecule has 0 aromatic heterocycles. The van der Waals surface area contributed by atoms with Crippen molar-refractivity contribution < 1.29 is 14.3 Å². The highest BCUT2D eigenvalue weighted by atomic mass is 19.1. The predicted octanol–water partition coefficient (Wildman–Crippen LogP) is 1.26. The Hall–Kier alpha value is -1.42. The number of carbonyl (C=O) groups is 1. The first-order valence-electron chi connectivity index (χ1n) is 5.26. The van der Waals surface area contributed by atoms with Gasteiger partial charge < -0.3 is 10.4 Å². The monoisotopic (exact) mass is 225 g/mol. The Labute approximate surface area is 94.3 Å². The molecule has 0 saturated heterocycles. The van der Waals surface area contributed by atoms with Crippen molar-refractivity contribution in [2.24, 2.45) is 0 Å². The minimum atomic E-state index is -0.290. The zero-order valence-corrected chi connectivity index (χ0v) is 9.24. The maximum absolute atomic E-state index is 12.8. The molecule has 3 nitrogen and oxygen atoms in total. The number of hydrogen-bond acceptors (Lipinski definition) is 2. The third-order valence-electron chi connectivity index (χ3n) is 2.21. The van der Waals surface area contributed by atoms with Crippen molar-refractivity contribution in [3.05, 3.63) is 35.6 Å². The zero-order valence-electron chi connectivity index (χ0n) is 9.24. The first-order valence-corrected chi connectivity index (χ1v) is 5.26. The van der Waals surface area contributed by atoms with Crippen LogP contribution < -0.4 is 5.32 Å². The maximum atomic E-state index is 12.8. The Morgan fingerprint density at radius 2 is 2.31 bits per heavy atom. The van der Waals surface area contributed by atoms with Crippen molar-refractivity contribution in [3.63, 3.8) is 0 Å². The van der Waals surface area contributed by atoms with Gasteiger partial charge in [0.05, 0.1) is 6.61 Å². The second-order valence-electron chi connectivity index (χ2n) is 3.78. The molecule has 0 radical (unpaired) electrons. The van der Waals surface area contributed by atoms with Gasteiger partial charge >= 0.3 is 0 Å². The van der Waals surface area contributed by atoms with Gasteiger partial charge in [-0.25, -0.2) is 4.39 Å². The maximum Gasteiger partial charge on any atom is 0.220 e. The molecule has 1 aromatic carbocycles. The third-order valence-corrected chi connectivity index (χ3v) is 2.21. The molecule has 1 unspecified atom stereocenters. The summed E-state index contributed by atoms with van der Waals surface area (Å²) in [6.45, 7) is 1.64. The number of amides is 1. The van der Waals surface area contributed by atoms with Crippen LogP contribution in [0.1, 0.15) is 18.9 Å². The molecule has 0 aliphatic rings. The lowest BCUT2D eigenvalue weighted by Gasteiger charge is -2.10. The summed E-state index contributed by atoms with van der Waals surface area (Å²) in [5.74, 6) is -0.424. The second-order valence-corrected chi connectivity index (χ2v) is 3.78. The highest BCUT2D eigenvalue weighted by Crippen LogP contribution is 2.06. The highest BCUT2D eigenvalue weighted by molar-refractivity contribution is 5.76. The molecule has 1 amide bonds. The fourth-order valence-electron chi connectivity index (χ4n) is 1.34. The molecule has 2 N–H and O–H groups in total. The molecule has 1 atom stereocenters. The van der Waals surface area contributed by atoms with Crippen LogP contribution in [0.3, 0.4) is 0 Å². The van der Waals surface area contributed by atoms with Crippen LogP contribution in [0.15, 0.2) is 24.3 Å². The zero-order chi connectivity index (χ0) is 12.0. The van der Waals surface area contributed by atoms with E-state index in [1.807, 2.05) is 0 Å². The standard InChI is InChI=1S/C12H16FNO2/c1-9(8-15)14-12(16)6-5-10-3-2-4-11(13)7-10/h2-4,7,9,15H,5-6,8H2,1H3,(H,14,16). The molecule has 0 bridgehead atoms. The second kappa shape index (κ2) is 6.23. The minimum absolute atomic E-state index is 0.0777. The Kier molecular flexibility index (Phi) is 4.92. The summed E-state index contributed by atoms with van der Waals surface area (Å²) in [7, 11) is 0. The van der Waals surface area contributed by atoms with Gasteiger partial charge in [0.2, 0.25) is 5.91 Å². The van der Waals surface area contributed by atoms with Gasteiger partial charge in [0.15, 0.2) is 0 Å². The third kappa shape index (κ3) is 4.40. The van der Waals surface area contributed by atoms with Crippen LogP contribution in [0.25, 0.3) is 0 Å². The van der Waals surface area contributed by atoms with E-state index in [0.29, 0.717) is 12.8 Å². The lowest BCUT2D eigenvalue weighted by molar-refractivity contribution is -0.121. The van der Waals surface area contributed by atoms with E-state index in [1.165, 1.54) is 12.1 Å². The predicted molar refractivity (Wildman–Crippen MR) is 59.4 cm³/mol. The number of nitrogens with one attached hydrogen (secondary N) is 1. The fraction of sp³-hybridized carbons (Fsp3) is 0.417. The number of aryl methyl sites for hydroxylation is 1. The van der Waals surface area contributed by atoms with E-state index in [2.05, 4.69) is 5.32 Å². The van der Waals surface area contributed by atoms with Gasteiger partial charge in [-0.05, 0) is 31.0 Å². The Balaban J connectivity index is 2.37. The van der Waals surface area contributed by atoms with Crippen LogP contribution in [-0.2, 0) is 11.2 Å². The molecule has 1 aromatic rings. The molecule has 1 rings (SSSR count). The summed E-state index contributed by atoms with van der Waals surface area (Å²) in [5.41, 5.74) is 0.798. The topological polar surface area (TPSA) is 49.3 Å². The van der Waals surface area contributed by atoms with Gasteiger partial charge in [0, 0.05) is 12.5 Å². The van der Waals surface area contributed by atoms with Crippen molar-refractivity contribution in [3.8, 4) is 0 Å². The first-order chi connectivity index (χ1) is 7.61. The molecule has 4 heteroatoms. The number of carbonyl (C=O) groups excluding carboxylic acids is 1. The van der Waals surface area contributed by atoms with Gasteiger partial charge in [-0.2, -0.15) is 0 Å². The average Bonchev–Trinajstić information content (AvgIpc) is 2.26. The van der Waals surface area contributed by atoms with Gasteiger partial charge in [0.25, 0.3) is 0 Å². The van der Waals surface area contributed by atoms with Crippen LogP contribution in [-0.4, -0.2) is 23.7 Å². The Morgan fingerprint density at radius 1 is 1.56 bits per heavy atom. The van der Waals surface area contributed by atoms with Crippen molar-refractivity contribution in [1.82, 2.24) is 5.32 Å².